The minimum Gasteiger partial charge on any atom is -0.481 e. The molecule has 11 heteroatoms. The van der Waals surface area contributed by atoms with Crippen LogP contribution in [-0.2, 0) is 19.6 Å². The van der Waals surface area contributed by atoms with Gasteiger partial charge in [0.25, 0.3) is 0 Å². The monoisotopic (exact) mass is 394 g/mol. The highest BCUT2D eigenvalue weighted by molar-refractivity contribution is 7.89. The predicted molar refractivity (Wildman–Crippen MR) is 83.5 cm³/mol. The summed E-state index contributed by atoms with van der Waals surface area (Å²) >= 11 is 0. The van der Waals surface area contributed by atoms with E-state index in [1.54, 1.807) is 6.07 Å². The minimum atomic E-state index is -4.73. The molecular weight excluding hydrogens is 377 g/mol. The molecule has 0 bridgehead atoms. The van der Waals surface area contributed by atoms with Crippen molar-refractivity contribution >= 4 is 21.9 Å². The molecule has 1 saturated heterocycles. The topological polar surface area (TPSA) is 104 Å². The summed E-state index contributed by atoms with van der Waals surface area (Å²) in [6.07, 6.45) is -5.10. The second kappa shape index (κ2) is 7.62. The Balaban J connectivity index is 1.93. The number of rotatable bonds is 6. The first-order valence-corrected chi connectivity index (χ1v) is 9.12. The van der Waals surface area contributed by atoms with Crippen molar-refractivity contribution in [3.63, 3.8) is 0 Å². The quantitative estimate of drug-likeness (QED) is 0.751. The summed E-state index contributed by atoms with van der Waals surface area (Å²) < 4.78 is 64.9. The molecule has 0 saturated carbocycles. The first-order chi connectivity index (χ1) is 12.0. The molecule has 1 aromatic rings. The van der Waals surface area contributed by atoms with Crippen molar-refractivity contribution in [3.05, 3.63) is 30.3 Å². The van der Waals surface area contributed by atoms with E-state index in [9.17, 15) is 31.2 Å². The van der Waals surface area contributed by atoms with Crippen molar-refractivity contribution in [2.45, 2.75) is 17.5 Å². The van der Waals surface area contributed by atoms with Crippen molar-refractivity contribution in [3.8, 4) is 0 Å². The first-order valence-electron chi connectivity index (χ1n) is 7.64. The number of carbonyl (C=O) groups is 2. The molecule has 0 spiro atoms. The maximum absolute atomic E-state index is 12.9. The van der Waals surface area contributed by atoms with Gasteiger partial charge in [-0.15, -0.1) is 0 Å². The lowest BCUT2D eigenvalue weighted by Crippen LogP contribution is -2.35. The number of hydrogen-bond acceptors (Lipinski definition) is 4. The number of carbonyl (C=O) groups excluding carboxylic acids is 1. The van der Waals surface area contributed by atoms with Gasteiger partial charge in [0.2, 0.25) is 15.9 Å². The van der Waals surface area contributed by atoms with Crippen LogP contribution in [0.1, 0.15) is 6.42 Å². The zero-order chi connectivity index (χ0) is 19.5. The molecule has 2 atom stereocenters. The van der Waals surface area contributed by atoms with Crippen LogP contribution >= 0.6 is 0 Å². The number of hydrogen-bond donors (Lipinski definition) is 2. The predicted octanol–water partition coefficient (Wildman–Crippen LogP) is 1.08. The summed E-state index contributed by atoms with van der Waals surface area (Å²) in [7, 11) is -3.83. The number of carboxylic acids is 1. The Labute approximate surface area is 147 Å². The van der Waals surface area contributed by atoms with E-state index in [2.05, 4.69) is 4.72 Å². The van der Waals surface area contributed by atoms with Crippen molar-refractivity contribution in [1.82, 2.24) is 9.62 Å². The number of benzene rings is 1. The number of alkyl halides is 3. The zero-order valence-electron chi connectivity index (χ0n) is 13.4. The van der Waals surface area contributed by atoms with Gasteiger partial charge >= 0.3 is 12.1 Å². The van der Waals surface area contributed by atoms with Gasteiger partial charge in [0.05, 0.1) is 16.7 Å². The highest BCUT2D eigenvalue weighted by Gasteiger charge is 2.53. The van der Waals surface area contributed by atoms with Crippen LogP contribution in [0.2, 0.25) is 0 Å². The summed E-state index contributed by atoms with van der Waals surface area (Å²) in [4.78, 5) is 23.8. The molecular formula is C15H17F3N2O5S. The maximum Gasteiger partial charge on any atom is 0.394 e. The third kappa shape index (κ3) is 4.73. The van der Waals surface area contributed by atoms with Gasteiger partial charge in [-0.1, -0.05) is 18.2 Å². The summed E-state index contributed by atoms with van der Waals surface area (Å²) in [6.45, 7) is -1.60. The van der Waals surface area contributed by atoms with Gasteiger partial charge in [-0.05, 0) is 12.1 Å². The number of halogens is 3. The number of likely N-dealkylation sites (tertiary alicyclic amines) is 1. The van der Waals surface area contributed by atoms with Gasteiger partial charge in [0, 0.05) is 26.1 Å². The van der Waals surface area contributed by atoms with E-state index < -0.39 is 53.0 Å². The summed E-state index contributed by atoms with van der Waals surface area (Å²) in [5.74, 6) is -6.21. The van der Waals surface area contributed by atoms with Gasteiger partial charge in [0.1, 0.15) is 0 Å². The molecule has 26 heavy (non-hydrogen) atoms. The van der Waals surface area contributed by atoms with E-state index >= 15 is 0 Å². The Morgan fingerprint density at radius 2 is 1.81 bits per heavy atom. The number of sulfonamides is 1. The summed E-state index contributed by atoms with van der Waals surface area (Å²) in [6, 6.07) is 7.39. The summed E-state index contributed by atoms with van der Waals surface area (Å²) in [5, 5.41) is 8.93. The van der Waals surface area contributed by atoms with Crippen molar-refractivity contribution in [2.24, 2.45) is 11.8 Å². The lowest BCUT2D eigenvalue weighted by Gasteiger charge is -2.18. The van der Waals surface area contributed by atoms with E-state index in [1.807, 2.05) is 0 Å². The molecule has 1 aliphatic rings. The van der Waals surface area contributed by atoms with Gasteiger partial charge in [-0.25, -0.2) is 13.1 Å². The standard InChI is InChI=1S/C15H17F3N2O5S/c16-15(17,18)12-9-20(8-11(12)14(22)23)13(21)6-7-19-26(24,25)10-4-2-1-3-5-10/h1-5,11-12,19H,6-9H2,(H,22,23)/t11-,12-/m1/s1. The Bertz CT molecular complexity index is 767. The molecule has 0 aromatic heterocycles. The lowest BCUT2D eigenvalue weighted by molar-refractivity contribution is -0.188. The summed E-state index contributed by atoms with van der Waals surface area (Å²) in [5.41, 5.74) is 0. The average Bonchev–Trinajstić information content (AvgIpc) is 3.01. The molecule has 1 heterocycles. The number of carboxylic acid groups (broad SMARTS) is 1. The Morgan fingerprint density at radius 3 is 2.31 bits per heavy atom. The second-order valence-electron chi connectivity index (χ2n) is 5.85. The van der Waals surface area contributed by atoms with Crippen LogP contribution in [0.25, 0.3) is 0 Å². The fourth-order valence-corrected chi connectivity index (χ4v) is 3.78. The molecule has 1 aliphatic heterocycles. The van der Waals surface area contributed by atoms with E-state index in [-0.39, 0.29) is 17.9 Å². The molecule has 1 aromatic carbocycles. The Morgan fingerprint density at radius 1 is 1.19 bits per heavy atom. The van der Waals surface area contributed by atoms with Gasteiger partial charge < -0.3 is 10.0 Å². The molecule has 0 unspecified atom stereocenters. The van der Waals surface area contributed by atoms with Crippen LogP contribution in [0.4, 0.5) is 13.2 Å². The van der Waals surface area contributed by atoms with Crippen LogP contribution in [0.5, 0.6) is 0 Å². The fraction of sp³-hybridized carbons (Fsp3) is 0.467. The largest absolute Gasteiger partial charge is 0.481 e. The normalized spacial score (nSPS) is 21.0. The van der Waals surface area contributed by atoms with Crippen molar-refractivity contribution < 1.29 is 36.3 Å². The molecule has 0 aliphatic carbocycles. The molecule has 2 rings (SSSR count). The molecule has 1 amide bonds. The maximum atomic E-state index is 12.9. The van der Waals surface area contributed by atoms with Crippen LogP contribution < -0.4 is 4.72 Å². The van der Waals surface area contributed by atoms with Gasteiger partial charge in [0.15, 0.2) is 0 Å². The molecule has 1 fully saturated rings. The highest BCUT2D eigenvalue weighted by Crippen LogP contribution is 2.37. The van der Waals surface area contributed by atoms with Crippen LogP contribution in [0.15, 0.2) is 35.2 Å². The van der Waals surface area contributed by atoms with E-state index in [0.29, 0.717) is 0 Å². The second-order valence-corrected chi connectivity index (χ2v) is 7.62. The van der Waals surface area contributed by atoms with Crippen LogP contribution in [-0.4, -0.2) is 56.1 Å². The number of nitrogens with one attached hydrogen (secondary N) is 1. The zero-order valence-corrected chi connectivity index (χ0v) is 14.3. The van der Waals surface area contributed by atoms with Crippen molar-refractivity contribution in [2.75, 3.05) is 19.6 Å². The number of amides is 1. The van der Waals surface area contributed by atoms with E-state index in [1.165, 1.54) is 24.3 Å². The van der Waals surface area contributed by atoms with Crippen molar-refractivity contribution in [1.29, 1.82) is 0 Å². The van der Waals surface area contributed by atoms with E-state index in [0.717, 1.165) is 4.90 Å². The first kappa shape index (κ1) is 20.2. The SMILES string of the molecule is O=C(O)[C@@H]1CN(C(=O)CCNS(=O)(=O)c2ccccc2)C[C@H]1C(F)(F)F. The minimum absolute atomic E-state index is 0.00306. The number of nitrogens with zero attached hydrogens (tertiary/aromatic N) is 1. The van der Waals surface area contributed by atoms with Gasteiger partial charge in [-0.3, -0.25) is 9.59 Å². The highest BCUT2D eigenvalue weighted by atomic mass is 32.2. The molecule has 0 radical (unpaired) electrons. The average molecular weight is 394 g/mol. The molecule has 2 N–H and O–H groups in total. The smallest absolute Gasteiger partial charge is 0.394 e. The Kier molecular flexibility index (Phi) is 5.91. The van der Waals surface area contributed by atoms with Crippen LogP contribution in [0, 0.1) is 11.8 Å². The third-order valence-electron chi connectivity index (χ3n) is 4.09. The fourth-order valence-electron chi connectivity index (χ4n) is 2.72. The number of aliphatic carboxylic acids is 1. The molecule has 7 nitrogen and oxygen atoms in total. The third-order valence-corrected chi connectivity index (χ3v) is 5.57. The van der Waals surface area contributed by atoms with Gasteiger partial charge in [-0.2, -0.15) is 13.2 Å². The van der Waals surface area contributed by atoms with Crippen LogP contribution in [0.3, 0.4) is 0 Å². The van der Waals surface area contributed by atoms with E-state index in [4.69, 9.17) is 5.11 Å². The molecule has 144 valence electrons. The lowest BCUT2D eigenvalue weighted by atomic mass is 9.96. The Hall–Kier alpha value is -2.14.